The predicted octanol–water partition coefficient (Wildman–Crippen LogP) is 2.05. The maximum atomic E-state index is 11.5. The normalized spacial score (nSPS) is 10.4. The molecule has 0 spiro atoms. The van der Waals surface area contributed by atoms with Crippen molar-refractivity contribution in [2.45, 2.75) is 0 Å². The van der Waals surface area contributed by atoms with E-state index in [-0.39, 0.29) is 5.02 Å². The molecule has 0 aliphatic heterocycles. The van der Waals surface area contributed by atoms with Crippen LogP contribution in [0.15, 0.2) is 23.2 Å². The SMILES string of the molecule is CN(C)C=NC(=O)C(=O)Nc1ccc(Cl)cc1Cl. The highest BCUT2D eigenvalue weighted by atomic mass is 35.5. The van der Waals surface area contributed by atoms with Gasteiger partial charge in [0, 0.05) is 19.1 Å². The molecule has 1 aromatic carbocycles. The van der Waals surface area contributed by atoms with Crippen LogP contribution in [0.2, 0.25) is 10.0 Å². The number of carbonyl (C=O) groups excluding carboxylic acids is 2. The minimum absolute atomic E-state index is 0.250. The summed E-state index contributed by atoms with van der Waals surface area (Å²) in [7, 11) is 3.37. The molecule has 0 saturated heterocycles. The fourth-order valence-electron chi connectivity index (χ4n) is 0.993. The highest BCUT2D eigenvalue weighted by Gasteiger charge is 2.13. The zero-order valence-corrected chi connectivity index (χ0v) is 11.3. The molecule has 96 valence electrons. The van der Waals surface area contributed by atoms with Crippen molar-refractivity contribution >= 4 is 47.0 Å². The average molecular weight is 288 g/mol. The number of hydrogen-bond donors (Lipinski definition) is 1. The molecule has 5 nitrogen and oxygen atoms in total. The van der Waals surface area contributed by atoms with Gasteiger partial charge in [-0.15, -0.1) is 0 Å². The van der Waals surface area contributed by atoms with Crippen molar-refractivity contribution in [1.82, 2.24) is 4.90 Å². The molecule has 1 rings (SSSR count). The Morgan fingerprint density at radius 3 is 2.56 bits per heavy atom. The Balaban J connectivity index is 2.73. The third kappa shape index (κ3) is 4.35. The Kier molecular flexibility index (Phi) is 5.12. The van der Waals surface area contributed by atoms with Crippen LogP contribution >= 0.6 is 23.2 Å². The fourth-order valence-corrected chi connectivity index (χ4v) is 1.45. The second-order valence-corrected chi connectivity index (χ2v) is 4.44. The maximum absolute atomic E-state index is 11.5. The Morgan fingerprint density at radius 2 is 2.00 bits per heavy atom. The van der Waals surface area contributed by atoms with Gasteiger partial charge < -0.3 is 10.2 Å². The summed E-state index contributed by atoms with van der Waals surface area (Å²) in [6.45, 7) is 0. The molecule has 1 aromatic rings. The van der Waals surface area contributed by atoms with Crippen LogP contribution < -0.4 is 5.32 Å². The standard InChI is InChI=1S/C11H11Cl2N3O2/c1-16(2)6-14-10(17)11(18)15-9-4-3-7(12)5-8(9)13/h3-6H,1-2H3,(H,15,18). The van der Waals surface area contributed by atoms with E-state index in [9.17, 15) is 9.59 Å². The number of anilines is 1. The first-order valence-corrected chi connectivity index (χ1v) is 5.66. The van der Waals surface area contributed by atoms with Gasteiger partial charge in [-0.1, -0.05) is 23.2 Å². The number of hydrogen-bond acceptors (Lipinski definition) is 2. The third-order valence-electron chi connectivity index (χ3n) is 1.78. The fraction of sp³-hybridized carbons (Fsp3) is 0.182. The molecule has 0 fully saturated rings. The van der Waals surface area contributed by atoms with Gasteiger partial charge in [0.2, 0.25) is 0 Å². The molecule has 1 N–H and O–H groups in total. The molecule has 0 bridgehead atoms. The molecule has 0 radical (unpaired) electrons. The lowest BCUT2D eigenvalue weighted by Crippen LogP contribution is -2.22. The van der Waals surface area contributed by atoms with Gasteiger partial charge in [0.25, 0.3) is 0 Å². The van der Waals surface area contributed by atoms with Gasteiger partial charge in [0.15, 0.2) is 0 Å². The summed E-state index contributed by atoms with van der Waals surface area (Å²) in [6.07, 6.45) is 1.24. The molecule has 18 heavy (non-hydrogen) atoms. The van der Waals surface area contributed by atoms with Gasteiger partial charge >= 0.3 is 11.8 Å². The molecule has 0 aromatic heterocycles. The van der Waals surface area contributed by atoms with Crippen LogP contribution in [0.1, 0.15) is 0 Å². The summed E-state index contributed by atoms with van der Waals surface area (Å²) in [4.78, 5) is 27.8. The lowest BCUT2D eigenvalue weighted by Gasteiger charge is -2.05. The number of rotatable bonds is 2. The Hall–Kier alpha value is -1.59. The van der Waals surface area contributed by atoms with E-state index >= 15 is 0 Å². The van der Waals surface area contributed by atoms with Crippen molar-refractivity contribution < 1.29 is 9.59 Å². The number of nitrogens with zero attached hydrogens (tertiary/aromatic N) is 2. The first kappa shape index (κ1) is 14.5. The van der Waals surface area contributed by atoms with E-state index in [1.165, 1.54) is 18.5 Å². The van der Waals surface area contributed by atoms with Crippen molar-refractivity contribution in [3.8, 4) is 0 Å². The smallest absolute Gasteiger partial charge is 0.336 e. The van der Waals surface area contributed by atoms with Crippen molar-refractivity contribution in [2.24, 2.45) is 4.99 Å². The van der Waals surface area contributed by atoms with E-state index in [0.29, 0.717) is 10.7 Å². The number of nitrogens with one attached hydrogen (secondary N) is 1. The lowest BCUT2D eigenvalue weighted by molar-refractivity contribution is -0.134. The highest BCUT2D eigenvalue weighted by Crippen LogP contribution is 2.25. The van der Waals surface area contributed by atoms with E-state index < -0.39 is 11.8 Å². The van der Waals surface area contributed by atoms with E-state index in [2.05, 4.69) is 10.3 Å². The monoisotopic (exact) mass is 287 g/mol. The van der Waals surface area contributed by atoms with Crippen LogP contribution in [0.5, 0.6) is 0 Å². The maximum Gasteiger partial charge on any atom is 0.336 e. The van der Waals surface area contributed by atoms with Gasteiger partial charge in [0.1, 0.15) is 0 Å². The predicted molar refractivity (Wildman–Crippen MR) is 72.3 cm³/mol. The van der Waals surface area contributed by atoms with E-state index in [1.54, 1.807) is 25.1 Å². The van der Waals surface area contributed by atoms with Crippen LogP contribution in [-0.4, -0.2) is 37.1 Å². The molecular formula is C11H11Cl2N3O2. The molecule has 0 heterocycles. The van der Waals surface area contributed by atoms with Gasteiger partial charge in [-0.3, -0.25) is 9.59 Å². The Morgan fingerprint density at radius 1 is 1.33 bits per heavy atom. The molecule has 0 saturated carbocycles. The van der Waals surface area contributed by atoms with Crippen molar-refractivity contribution in [3.05, 3.63) is 28.2 Å². The van der Waals surface area contributed by atoms with Crippen LogP contribution in [0.25, 0.3) is 0 Å². The molecule has 2 amide bonds. The molecule has 0 atom stereocenters. The zero-order chi connectivity index (χ0) is 13.7. The molecule has 0 aliphatic carbocycles. The minimum atomic E-state index is -0.908. The van der Waals surface area contributed by atoms with E-state index in [1.807, 2.05) is 0 Å². The molecular weight excluding hydrogens is 277 g/mol. The first-order chi connectivity index (χ1) is 8.40. The number of benzene rings is 1. The number of aliphatic imine (C=N–C) groups is 1. The van der Waals surface area contributed by atoms with Crippen LogP contribution in [0.4, 0.5) is 5.69 Å². The quantitative estimate of drug-likeness (QED) is 0.514. The van der Waals surface area contributed by atoms with Crippen LogP contribution in [0.3, 0.4) is 0 Å². The van der Waals surface area contributed by atoms with Crippen molar-refractivity contribution in [1.29, 1.82) is 0 Å². The van der Waals surface area contributed by atoms with E-state index in [0.717, 1.165) is 0 Å². The summed E-state index contributed by atoms with van der Waals surface area (Å²) in [5.41, 5.74) is 0.305. The summed E-state index contributed by atoms with van der Waals surface area (Å²) in [5.74, 6) is -1.77. The van der Waals surface area contributed by atoms with Crippen molar-refractivity contribution in [2.75, 3.05) is 19.4 Å². The topological polar surface area (TPSA) is 61.8 Å². The summed E-state index contributed by atoms with van der Waals surface area (Å²) in [6, 6.07) is 4.52. The largest absolute Gasteiger partial charge is 0.369 e. The first-order valence-electron chi connectivity index (χ1n) is 4.91. The van der Waals surface area contributed by atoms with Gasteiger partial charge in [-0.05, 0) is 18.2 Å². The summed E-state index contributed by atoms with van der Waals surface area (Å²) < 4.78 is 0. The minimum Gasteiger partial charge on any atom is -0.369 e. The van der Waals surface area contributed by atoms with E-state index in [4.69, 9.17) is 23.2 Å². The molecule has 0 aliphatic rings. The lowest BCUT2D eigenvalue weighted by atomic mass is 10.3. The van der Waals surface area contributed by atoms with Gasteiger partial charge in [0.05, 0.1) is 17.0 Å². The highest BCUT2D eigenvalue weighted by molar-refractivity contribution is 6.42. The zero-order valence-electron chi connectivity index (χ0n) is 9.78. The van der Waals surface area contributed by atoms with Gasteiger partial charge in [-0.25, -0.2) is 0 Å². The second kappa shape index (κ2) is 6.37. The number of carbonyl (C=O) groups is 2. The van der Waals surface area contributed by atoms with Crippen LogP contribution in [-0.2, 0) is 9.59 Å². The molecule has 7 heteroatoms. The van der Waals surface area contributed by atoms with Crippen LogP contribution in [0, 0.1) is 0 Å². The summed E-state index contributed by atoms with van der Waals surface area (Å²) >= 11 is 11.6. The molecule has 0 unspecified atom stereocenters. The number of halogens is 2. The second-order valence-electron chi connectivity index (χ2n) is 3.59. The van der Waals surface area contributed by atoms with Crippen molar-refractivity contribution in [3.63, 3.8) is 0 Å². The number of amides is 2. The Labute approximate surface area is 114 Å². The Bertz CT molecular complexity index is 501. The summed E-state index contributed by atoms with van der Waals surface area (Å²) in [5, 5.41) is 3.04. The average Bonchev–Trinajstić information content (AvgIpc) is 2.29. The third-order valence-corrected chi connectivity index (χ3v) is 2.33. The van der Waals surface area contributed by atoms with Gasteiger partial charge in [-0.2, -0.15) is 4.99 Å².